The predicted molar refractivity (Wildman–Crippen MR) is 54.5 cm³/mol. The fraction of sp³-hybridized carbons (Fsp3) is 0.800. The van der Waals surface area contributed by atoms with Crippen LogP contribution in [0.1, 0.15) is 20.8 Å². The minimum Gasteiger partial charge on any atom is -0.422 e. The van der Waals surface area contributed by atoms with Crippen molar-refractivity contribution in [3.05, 3.63) is 0 Å². The minimum atomic E-state index is 0. The summed E-state index contributed by atoms with van der Waals surface area (Å²) in [4.78, 5) is 0. The zero-order chi connectivity index (χ0) is 6.78. The molecule has 0 aliphatic rings. The number of rotatable bonds is 0. The van der Waals surface area contributed by atoms with Gasteiger partial charge in [-0.3, -0.25) is 0 Å². The third kappa shape index (κ3) is 24.5. The fourth-order valence-electron chi connectivity index (χ4n) is 0.250. The summed E-state index contributed by atoms with van der Waals surface area (Å²) >= 11 is 11.0. The monoisotopic (exact) mass is 224 g/mol. The number of hydrogen-bond donors (Lipinski definition) is 0. The largest absolute Gasteiger partial charge is 1.00 e. The summed E-state index contributed by atoms with van der Waals surface area (Å²) in [5.41, 5.74) is 0. The van der Waals surface area contributed by atoms with Crippen LogP contribution in [0.15, 0.2) is 0 Å². The first-order valence-corrected chi connectivity index (χ1v) is 3.95. The van der Waals surface area contributed by atoms with E-state index in [4.69, 9.17) is 24.8 Å². The molecular weight excluding hydrogens is 211 g/mol. The zero-order valence-electron chi connectivity index (χ0n) is 7.22. The van der Waals surface area contributed by atoms with Crippen LogP contribution in [-0.4, -0.2) is 19.2 Å². The van der Waals surface area contributed by atoms with Crippen LogP contribution in [0.5, 0.6) is 0 Å². The third-order valence-electron chi connectivity index (χ3n) is 0.390. The van der Waals surface area contributed by atoms with Crippen LogP contribution >= 0.6 is 24.0 Å². The first kappa shape index (κ1) is 22.9. The molecule has 0 bridgehead atoms. The van der Waals surface area contributed by atoms with Crippen molar-refractivity contribution in [1.82, 2.24) is 0 Å². The topological polar surface area (TPSA) is 63.0 Å². The summed E-state index contributed by atoms with van der Waals surface area (Å²) in [6.07, 6.45) is 0. The first-order valence-electron chi connectivity index (χ1n) is 2.32. The summed E-state index contributed by atoms with van der Waals surface area (Å²) < 4.78 is 0.802. The Labute approximate surface area is 105 Å². The van der Waals surface area contributed by atoms with Gasteiger partial charge < -0.3 is 35.8 Å². The average Bonchev–Trinajstić information content (AvgIpc) is 1.21. The van der Waals surface area contributed by atoms with Gasteiger partial charge in [-0.15, -0.1) is 11.8 Å². The molecule has 0 aromatic rings. The zero-order valence-corrected chi connectivity index (χ0v) is 11.7. The molecule has 0 fully saturated rings. The molecule has 0 heterocycles. The van der Waals surface area contributed by atoms with E-state index in [1.54, 1.807) is 11.8 Å². The molecule has 0 rings (SSSR count). The molecule has 4 N–H and O–H groups in total. The van der Waals surface area contributed by atoms with Gasteiger partial charge in [0.05, 0.1) is 0 Å². The first-order chi connectivity index (χ1) is 3.42. The summed E-state index contributed by atoms with van der Waals surface area (Å²) in [5.74, 6) is 0. The maximum absolute atomic E-state index is 4.72. The van der Waals surface area contributed by atoms with Gasteiger partial charge in [0, 0.05) is 4.75 Å². The van der Waals surface area contributed by atoms with E-state index in [2.05, 4.69) is 20.8 Å². The maximum Gasteiger partial charge on any atom is 1.00 e. The van der Waals surface area contributed by atoms with E-state index < -0.39 is 0 Å². The van der Waals surface area contributed by atoms with E-state index >= 15 is 0 Å². The summed E-state index contributed by atoms with van der Waals surface area (Å²) in [6.45, 7) is 6.28. The molecule has 0 aromatic heterocycles. The van der Waals surface area contributed by atoms with Crippen LogP contribution in [-0.2, 0) is 12.6 Å². The van der Waals surface area contributed by atoms with Crippen LogP contribution in [0.2, 0.25) is 0 Å². The van der Waals surface area contributed by atoms with Crippen LogP contribution < -0.4 is 29.6 Å². The van der Waals surface area contributed by atoms with E-state index in [0.717, 1.165) is 0 Å². The molecule has 0 aliphatic carbocycles. The summed E-state index contributed by atoms with van der Waals surface area (Å²) in [5, 5.41) is 0. The number of hydrogen-bond acceptors (Lipinski definition) is 3. The molecule has 6 heteroatoms. The SMILES string of the molecule is CC(C)(C)SC(=S)[S-].O.O.[Na+]. The van der Waals surface area contributed by atoms with Crippen molar-refractivity contribution in [2.75, 3.05) is 0 Å². The molecule has 11 heavy (non-hydrogen) atoms. The molecule has 0 amide bonds. The molecule has 0 aromatic carbocycles. The Balaban J connectivity index is -0.0000000817. The Bertz CT molecular complexity index is 102. The molecule has 0 unspecified atom stereocenters. The number of thiocarbonyl (C=S) groups is 1. The average molecular weight is 224 g/mol. The Hall–Kier alpha value is 1.58. The smallest absolute Gasteiger partial charge is 0.422 e. The van der Waals surface area contributed by atoms with Gasteiger partial charge >= 0.3 is 29.6 Å². The van der Waals surface area contributed by atoms with Crippen LogP contribution in [0.25, 0.3) is 0 Å². The van der Waals surface area contributed by atoms with Gasteiger partial charge in [0.15, 0.2) is 0 Å². The van der Waals surface area contributed by atoms with Crippen molar-refractivity contribution in [3.63, 3.8) is 0 Å². The van der Waals surface area contributed by atoms with Gasteiger partial charge in [0.2, 0.25) is 0 Å². The molecule has 0 radical (unpaired) electrons. The van der Waals surface area contributed by atoms with Gasteiger partial charge in [-0.2, -0.15) is 0 Å². The van der Waals surface area contributed by atoms with E-state index in [1.807, 2.05) is 0 Å². The second kappa shape index (κ2) is 9.67. The molecule has 0 saturated carbocycles. The maximum atomic E-state index is 4.72. The van der Waals surface area contributed by atoms with Gasteiger partial charge in [0.1, 0.15) is 0 Å². The fourth-order valence-corrected chi connectivity index (χ4v) is 2.25. The molecule has 0 aliphatic heterocycles. The molecule has 0 atom stereocenters. The van der Waals surface area contributed by atoms with Gasteiger partial charge in [0.25, 0.3) is 0 Å². The molecular formula is C5H13NaO2S3. The van der Waals surface area contributed by atoms with Gasteiger partial charge in [-0.25, -0.2) is 0 Å². The molecule has 2 nitrogen and oxygen atoms in total. The molecule has 0 spiro atoms. The van der Waals surface area contributed by atoms with Crippen molar-refractivity contribution in [2.45, 2.75) is 25.5 Å². The van der Waals surface area contributed by atoms with Crippen molar-refractivity contribution in [3.8, 4) is 0 Å². The van der Waals surface area contributed by atoms with E-state index in [1.165, 1.54) is 0 Å². The van der Waals surface area contributed by atoms with E-state index in [-0.39, 0.29) is 45.3 Å². The Kier molecular flexibility index (Phi) is 20.1. The Morgan fingerprint density at radius 3 is 1.55 bits per heavy atom. The number of thioether (sulfide) groups is 1. The Morgan fingerprint density at radius 1 is 1.27 bits per heavy atom. The quantitative estimate of drug-likeness (QED) is 0.264. The van der Waals surface area contributed by atoms with Crippen molar-refractivity contribution >= 4 is 40.1 Å². The summed E-state index contributed by atoms with van der Waals surface area (Å²) in [7, 11) is 0. The molecule has 0 saturated heterocycles. The van der Waals surface area contributed by atoms with E-state index in [9.17, 15) is 0 Å². The van der Waals surface area contributed by atoms with Crippen molar-refractivity contribution in [1.29, 1.82) is 0 Å². The van der Waals surface area contributed by atoms with Gasteiger partial charge in [-0.05, 0) is 0 Å². The third-order valence-corrected chi connectivity index (χ3v) is 1.67. The van der Waals surface area contributed by atoms with Crippen LogP contribution in [0.4, 0.5) is 0 Å². The summed E-state index contributed by atoms with van der Waals surface area (Å²) in [6, 6.07) is 0. The van der Waals surface area contributed by atoms with Crippen LogP contribution in [0.3, 0.4) is 0 Å². The second-order valence-corrected chi connectivity index (χ2v) is 5.89. The van der Waals surface area contributed by atoms with E-state index in [0.29, 0.717) is 3.53 Å². The van der Waals surface area contributed by atoms with Crippen molar-refractivity contribution < 1.29 is 40.5 Å². The van der Waals surface area contributed by atoms with Crippen molar-refractivity contribution in [2.24, 2.45) is 0 Å². The predicted octanol–water partition coefficient (Wildman–Crippen LogP) is -2.30. The standard InChI is InChI=1S/C5H10S3.Na.2H2O/c1-5(2,3)8-4(6)7;;;/h1-3H3,(H,6,7);;2*1H2/q;+1;;/p-1. The minimum absolute atomic E-state index is 0. The Morgan fingerprint density at radius 2 is 1.55 bits per heavy atom. The molecule has 64 valence electrons. The normalized spacial score (nSPS) is 8.27. The van der Waals surface area contributed by atoms with Crippen LogP contribution in [0, 0.1) is 0 Å². The second-order valence-electron chi connectivity index (χ2n) is 2.46. The van der Waals surface area contributed by atoms with Gasteiger partial charge in [-0.1, -0.05) is 24.3 Å².